The molecule has 0 aliphatic heterocycles. The van der Waals surface area contributed by atoms with Gasteiger partial charge in [0.2, 0.25) is 0 Å². The first-order valence-electron chi connectivity index (χ1n) is 9.02. The number of carboxylic acids is 1. The van der Waals surface area contributed by atoms with E-state index < -0.39 is 5.97 Å². The van der Waals surface area contributed by atoms with Crippen LogP contribution in [0, 0.1) is 28.6 Å². The zero-order valence-corrected chi connectivity index (χ0v) is 14.5. The highest BCUT2D eigenvalue weighted by atomic mass is 16.4. The van der Waals surface area contributed by atoms with E-state index in [1.165, 1.54) is 24.0 Å². The minimum Gasteiger partial charge on any atom is -0.481 e. The zero-order valence-electron chi connectivity index (χ0n) is 14.5. The number of carboxylic acid groups (broad SMARTS) is 1. The largest absolute Gasteiger partial charge is 0.481 e. The van der Waals surface area contributed by atoms with Gasteiger partial charge in [0.25, 0.3) is 0 Å². The molecule has 2 bridgehead atoms. The van der Waals surface area contributed by atoms with Gasteiger partial charge >= 0.3 is 5.97 Å². The van der Waals surface area contributed by atoms with Crippen molar-refractivity contribution in [2.75, 3.05) is 6.61 Å². The molecule has 2 saturated carbocycles. The van der Waals surface area contributed by atoms with Crippen molar-refractivity contribution in [1.82, 2.24) is 0 Å². The fourth-order valence-electron chi connectivity index (χ4n) is 6.24. The highest BCUT2D eigenvalue weighted by Crippen LogP contribution is 2.67. The smallest absolute Gasteiger partial charge is 0.303 e. The summed E-state index contributed by atoms with van der Waals surface area (Å²) in [5.74, 6) is 0.750. The van der Waals surface area contributed by atoms with E-state index in [4.69, 9.17) is 0 Å². The third-order valence-electron chi connectivity index (χ3n) is 7.32. The maximum atomic E-state index is 11.2. The van der Waals surface area contributed by atoms with Gasteiger partial charge in [-0.15, -0.1) is 0 Å². The van der Waals surface area contributed by atoms with Gasteiger partial charge in [-0.3, -0.25) is 4.79 Å². The first kappa shape index (κ1) is 16.8. The third-order valence-corrected chi connectivity index (χ3v) is 7.32. The molecule has 0 amide bonds. The van der Waals surface area contributed by atoms with Crippen LogP contribution in [-0.2, 0) is 4.79 Å². The van der Waals surface area contributed by atoms with Crippen LogP contribution in [0.15, 0.2) is 23.8 Å². The maximum Gasteiger partial charge on any atom is 0.303 e. The Balaban J connectivity index is 1.98. The normalized spacial score (nSPS) is 42.0. The Labute approximate surface area is 139 Å². The minimum absolute atomic E-state index is 0.0125. The SMILES string of the molecule is C=C(C)[C@H]1CC[C@@]23C=C(CO)[C@@H](CC2)C[C@H]3[C@]1(C)CCC(=O)O. The molecule has 5 atom stereocenters. The predicted octanol–water partition coefficient (Wildman–Crippen LogP) is 4.18. The number of hydrogen-bond acceptors (Lipinski definition) is 2. The second-order valence-corrected chi connectivity index (χ2v) is 8.47. The molecule has 0 aromatic carbocycles. The molecular weight excluding hydrogens is 288 g/mol. The minimum atomic E-state index is -0.695. The highest BCUT2D eigenvalue weighted by molar-refractivity contribution is 5.66. The average molecular weight is 318 g/mol. The van der Waals surface area contributed by atoms with E-state index in [9.17, 15) is 15.0 Å². The first-order chi connectivity index (χ1) is 10.8. The molecule has 3 heteroatoms. The maximum absolute atomic E-state index is 11.2. The Hall–Kier alpha value is -1.09. The quantitative estimate of drug-likeness (QED) is 0.748. The molecule has 0 heterocycles. The molecule has 128 valence electrons. The lowest BCUT2D eigenvalue weighted by atomic mass is 9.42. The first-order valence-corrected chi connectivity index (χ1v) is 9.02. The lowest BCUT2D eigenvalue weighted by Gasteiger charge is -2.63. The van der Waals surface area contributed by atoms with Crippen LogP contribution in [0.25, 0.3) is 0 Å². The van der Waals surface area contributed by atoms with Gasteiger partial charge in [0.05, 0.1) is 6.61 Å². The highest BCUT2D eigenvalue weighted by Gasteiger charge is 2.58. The van der Waals surface area contributed by atoms with Crippen molar-refractivity contribution >= 4 is 5.97 Å². The molecule has 4 aliphatic carbocycles. The van der Waals surface area contributed by atoms with E-state index >= 15 is 0 Å². The molecule has 0 radical (unpaired) electrons. The molecular formula is C20H30O3. The summed E-state index contributed by atoms with van der Waals surface area (Å²) in [6.07, 6.45) is 9.15. The summed E-state index contributed by atoms with van der Waals surface area (Å²) in [5, 5.41) is 18.9. The van der Waals surface area contributed by atoms with Crippen molar-refractivity contribution in [1.29, 1.82) is 0 Å². The van der Waals surface area contributed by atoms with E-state index in [1.54, 1.807) is 0 Å². The molecule has 2 N–H and O–H groups in total. The summed E-state index contributed by atoms with van der Waals surface area (Å²) in [6, 6.07) is 0. The number of carbonyl (C=O) groups is 1. The van der Waals surface area contributed by atoms with Crippen LogP contribution in [-0.4, -0.2) is 22.8 Å². The van der Waals surface area contributed by atoms with Gasteiger partial charge in [-0.25, -0.2) is 0 Å². The second kappa shape index (κ2) is 5.77. The summed E-state index contributed by atoms with van der Waals surface area (Å²) in [6.45, 7) is 8.84. The molecule has 2 fully saturated rings. The van der Waals surface area contributed by atoms with Crippen molar-refractivity contribution in [2.45, 2.75) is 58.8 Å². The van der Waals surface area contributed by atoms with Crippen molar-refractivity contribution in [3.8, 4) is 0 Å². The van der Waals surface area contributed by atoms with Gasteiger partial charge in [-0.2, -0.15) is 0 Å². The Kier molecular flexibility index (Phi) is 4.20. The van der Waals surface area contributed by atoms with E-state index in [0.717, 1.165) is 25.7 Å². The van der Waals surface area contributed by atoms with Crippen LogP contribution in [0.2, 0.25) is 0 Å². The number of rotatable bonds is 5. The number of fused-ring (bicyclic) bond motifs is 1. The summed E-state index contributed by atoms with van der Waals surface area (Å²) in [5.41, 5.74) is 2.65. The van der Waals surface area contributed by atoms with Crippen LogP contribution < -0.4 is 0 Å². The molecule has 0 saturated heterocycles. The average Bonchev–Trinajstić information content (AvgIpc) is 2.52. The Bertz CT molecular complexity index is 549. The summed E-state index contributed by atoms with van der Waals surface area (Å²) >= 11 is 0. The molecule has 4 rings (SSSR count). The van der Waals surface area contributed by atoms with Crippen molar-refractivity contribution < 1.29 is 15.0 Å². The summed E-state index contributed by atoms with van der Waals surface area (Å²) in [4.78, 5) is 11.2. The van der Waals surface area contributed by atoms with Gasteiger partial charge in [0, 0.05) is 6.42 Å². The van der Waals surface area contributed by atoms with E-state index in [0.29, 0.717) is 17.8 Å². The van der Waals surface area contributed by atoms with Crippen molar-refractivity contribution in [2.24, 2.45) is 28.6 Å². The van der Waals surface area contributed by atoms with Gasteiger partial charge in [-0.1, -0.05) is 25.2 Å². The lowest BCUT2D eigenvalue weighted by molar-refractivity contribution is -0.140. The topological polar surface area (TPSA) is 57.5 Å². The van der Waals surface area contributed by atoms with Crippen LogP contribution >= 0.6 is 0 Å². The summed E-state index contributed by atoms with van der Waals surface area (Å²) in [7, 11) is 0. The van der Waals surface area contributed by atoms with Gasteiger partial charge in [0.1, 0.15) is 0 Å². The molecule has 1 spiro atoms. The van der Waals surface area contributed by atoms with E-state index in [-0.39, 0.29) is 23.9 Å². The van der Waals surface area contributed by atoms with Gasteiger partial charge in [0.15, 0.2) is 0 Å². The second-order valence-electron chi connectivity index (χ2n) is 8.47. The Morgan fingerprint density at radius 1 is 1.39 bits per heavy atom. The fourth-order valence-corrected chi connectivity index (χ4v) is 6.24. The van der Waals surface area contributed by atoms with Crippen LogP contribution in [0.1, 0.15) is 58.8 Å². The number of hydrogen-bond donors (Lipinski definition) is 2. The van der Waals surface area contributed by atoms with Gasteiger partial charge in [-0.05, 0) is 79.6 Å². The number of allylic oxidation sites excluding steroid dienone is 2. The van der Waals surface area contributed by atoms with Crippen molar-refractivity contribution in [3.63, 3.8) is 0 Å². The monoisotopic (exact) mass is 318 g/mol. The Morgan fingerprint density at radius 2 is 2.09 bits per heavy atom. The lowest BCUT2D eigenvalue weighted by Crippen LogP contribution is -2.54. The Morgan fingerprint density at radius 3 is 2.70 bits per heavy atom. The molecule has 23 heavy (non-hydrogen) atoms. The van der Waals surface area contributed by atoms with Crippen LogP contribution in [0.4, 0.5) is 0 Å². The standard InChI is InChI=1S/C20H30O3/c1-13(2)16-5-9-20-8-4-14(15(11-20)12-21)10-17(20)19(16,3)7-6-18(22)23/h11,14,16-17,21H,1,4-10,12H2,2-3H3,(H,22,23)/t14-,16+,17-,19+,20+/m0/s1. The number of aliphatic hydroxyl groups excluding tert-OH is 1. The van der Waals surface area contributed by atoms with Crippen LogP contribution in [0.3, 0.4) is 0 Å². The molecule has 0 unspecified atom stereocenters. The van der Waals surface area contributed by atoms with E-state index in [1.807, 2.05) is 0 Å². The third kappa shape index (κ3) is 2.57. The molecule has 0 aromatic rings. The number of aliphatic carboxylic acids is 1. The molecule has 0 aromatic heterocycles. The molecule has 4 aliphatic rings. The number of aliphatic hydroxyl groups is 1. The predicted molar refractivity (Wildman–Crippen MR) is 90.9 cm³/mol. The van der Waals surface area contributed by atoms with Gasteiger partial charge < -0.3 is 10.2 Å². The van der Waals surface area contributed by atoms with Crippen molar-refractivity contribution in [3.05, 3.63) is 23.8 Å². The zero-order chi connectivity index (χ0) is 16.8. The fraction of sp³-hybridized carbons (Fsp3) is 0.750. The molecule has 3 nitrogen and oxygen atoms in total. The van der Waals surface area contributed by atoms with E-state index in [2.05, 4.69) is 26.5 Å². The summed E-state index contributed by atoms with van der Waals surface area (Å²) < 4.78 is 0. The van der Waals surface area contributed by atoms with Crippen LogP contribution in [0.5, 0.6) is 0 Å².